The summed E-state index contributed by atoms with van der Waals surface area (Å²) in [5, 5.41) is 7.37. The zero-order valence-corrected chi connectivity index (χ0v) is 24.5. The summed E-state index contributed by atoms with van der Waals surface area (Å²) in [5.74, 6) is -2.17. The predicted molar refractivity (Wildman–Crippen MR) is 140 cm³/mol. The van der Waals surface area contributed by atoms with Crippen LogP contribution < -0.4 is 16.0 Å². The van der Waals surface area contributed by atoms with Gasteiger partial charge in [-0.05, 0) is 47.6 Å². The molecule has 41 heavy (non-hydrogen) atoms. The third kappa shape index (κ3) is 10.4. The summed E-state index contributed by atoms with van der Waals surface area (Å²) in [6.45, 7) is 10.9. The summed E-state index contributed by atoms with van der Waals surface area (Å²) in [6.07, 6.45) is -4.91. The number of alkyl carbamates (subject to hydrolysis) is 2. The van der Waals surface area contributed by atoms with Crippen LogP contribution in [0.25, 0.3) is 0 Å². The minimum absolute atomic E-state index is 0.194. The van der Waals surface area contributed by atoms with E-state index in [0.29, 0.717) is 0 Å². The summed E-state index contributed by atoms with van der Waals surface area (Å²) in [4.78, 5) is 66.0. The molecule has 2 rings (SSSR count). The molecule has 5 atom stereocenters. The lowest BCUT2D eigenvalue weighted by atomic mass is 9.92. The molecule has 0 radical (unpaired) electrons. The van der Waals surface area contributed by atoms with Gasteiger partial charge in [-0.25, -0.2) is 24.2 Å². The van der Waals surface area contributed by atoms with Gasteiger partial charge in [0.1, 0.15) is 23.9 Å². The second-order valence-electron chi connectivity index (χ2n) is 11.0. The monoisotopic (exact) mass is 586 g/mol. The van der Waals surface area contributed by atoms with Gasteiger partial charge in [0.05, 0.1) is 19.2 Å². The fourth-order valence-corrected chi connectivity index (χ4v) is 3.77. The molecule has 0 unspecified atom stereocenters. The maximum atomic E-state index is 12.6. The van der Waals surface area contributed by atoms with Crippen LogP contribution in [0.2, 0.25) is 0 Å². The Morgan fingerprint density at radius 3 is 1.95 bits per heavy atom. The van der Waals surface area contributed by atoms with Crippen LogP contribution in [0.15, 0.2) is 16.8 Å². The van der Waals surface area contributed by atoms with Crippen molar-refractivity contribution < 1.29 is 57.1 Å². The lowest BCUT2D eigenvalue weighted by Crippen LogP contribution is -2.60. The summed E-state index contributed by atoms with van der Waals surface area (Å²) < 4.78 is 36.8. The summed E-state index contributed by atoms with van der Waals surface area (Å²) in [7, 11) is 2.43. The highest BCUT2D eigenvalue weighted by Gasteiger charge is 2.48. The number of hydrogen-bond donors (Lipinski definition) is 3. The smallest absolute Gasteiger partial charge is 0.478 e. The van der Waals surface area contributed by atoms with E-state index >= 15 is 0 Å². The van der Waals surface area contributed by atoms with Gasteiger partial charge in [0, 0.05) is 14.0 Å². The number of hydrogen-bond acceptors (Lipinski definition) is 13. The van der Waals surface area contributed by atoms with E-state index in [-0.39, 0.29) is 12.4 Å². The number of nitrogens with one attached hydrogen (secondary N) is 3. The van der Waals surface area contributed by atoms with E-state index in [1.54, 1.807) is 41.5 Å². The largest absolute Gasteiger partial charge is 0.508 e. The molecule has 2 aliphatic heterocycles. The van der Waals surface area contributed by atoms with Crippen LogP contribution in [0.4, 0.5) is 14.4 Å². The van der Waals surface area contributed by atoms with Crippen molar-refractivity contribution in [2.75, 3.05) is 20.8 Å². The number of rotatable bonds is 6. The highest BCUT2D eigenvalue weighted by molar-refractivity contribution is 6.01. The zero-order chi connectivity index (χ0) is 31.1. The van der Waals surface area contributed by atoms with Gasteiger partial charge in [-0.15, -0.1) is 0 Å². The molecule has 1 fully saturated rings. The molecular formula is C25H38N4O12. The standard InChI is InChI=1S/C25H38N4O12/c1-12(30)26-16-13(27-20(28-21(32)40-24(2,3)4)29-22(33)41-25(5,6)7)10-14(19(31)36-9)38-18(16)17(35-8)15-11-37-23(34)39-15/h10,13,15-18H,11H2,1-9H3,(H,26,30)(H2,27,28,29,32,33)/t13-,15+,16+,17+,18+/m0/s1. The molecule has 0 aromatic heterocycles. The Hall–Kier alpha value is -4.08. The first-order chi connectivity index (χ1) is 18.9. The topological polar surface area (TPSA) is 198 Å². The number of guanidine groups is 1. The molecular weight excluding hydrogens is 548 g/mol. The van der Waals surface area contributed by atoms with Crippen molar-refractivity contribution in [1.29, 1.82) is 0 Å². The van der Waals surface area contributed by atoms with Crippen molar-refractivity contribution in [3.63, 3.8) is 0 Å². The van der Waals surface area contributed by atoms with E-state index in [4.69, 9.17) is 33.2 Å². The van der Waals surface area contributed by atoms with Gasteiger partial charge in [-0.3, -0.25) is 15.4 Å². The Morgan fingerprint density at radius 2 is 1.54 bits per heavy atom. The minimum atomic E-state index is -1.21. The van der Waals surface area contributed by atoms with Crippen LogP contribution in [-0.2, 0) is 42.7 Å². The van der Waals surface area contributed by atoms with Crippen molar-refractivity contribution in [1.82, 2.24) is 16.0 Å². The second kappa shape index (κ2) is 13.5. The number of carbonyl (C=O) groups is 5. The second-order valence-corrected chi connectivity index (χ2v) is 11.0. The molecule has 0 aliphatic carbocycles. The first kappa shape index (κ1) is 33.1. The quantitative estimate of drug-likeness (QED) is 0.175. The van der Waals surface area contributed by atoms with Gasteiger partial charge in [0.2, 0.25) is 17.6 Å². The highest BCUT2D eigenvalue weighted by atomic mass is 16.8. The van der Waals surface area contributed by atoms with E-state index < -0.39 is 77.8 Å². The van der Waals surface area contributed by atoms with E-state index in [2.05, 4.69) is 20.9 Å². The normalized spacial score (nSPS) is 22.9. The highest BCUT2D eigenvalue weighted by Crippen LogP contribution is 2.29. The van der Waals surface area contributed by atoms with Crippen LogP contribution >= 0.6 is 0 Å². The number of carbonyl (C=O) groups excluding carboxylic acids is 5. The Labute approximate surface area is 237 Å². The minimum Gasteiger partial charge on any atom is -0.478 e. The number of amides is 3. The summed E-state index contributed by atoms with van der Waals surface area (Å²) >= 11 is 0. The average molecular weight is 587 g/mol. The summed E-state index contributed by atoms with van der Waals surface area (Å²) in [6, 6.07) is -2.29. The lowest BCUT2D eigenvalue weighted by Gasteiger charge is -2.39. The molecule has 230 valence electrons. The Kier molecular flexibility index (Phi) is 10.9. The Morgan fingerprint density at radius 1 is 0.976 bits per heavy atom. The van der Waals surface area contributed by atoms with Crippen LogP contribution in [0.1, 0.15) is 48.5 Å². The van der Waals surface area contributed by atoms with Crippen molar-refractivity contribution in [3.05, 3.63) is 11.8 Å². The lowest BCUT2D eigenvalue weighted by molar-refractivity contribution is -0.148. The van der Waals surface area contributed by atoms with E-state index in [0.717, 1.165) is 7.11 Å². The van der Waals surface area contributed by atoms with Gasteiger partial charge in [0.25, 0.3) is 0 Å². The number of nitrogens with zero attached hydrogens (tertiary/aromatic N) is 1. The number of aliphatic imine (C=N–C) groups is 1. The Balaban J connectivity index is 2.60. The van der Waals surface area contributed by atoms with Gasteiger partial charge >= 0.3 is 24.3 Å². The number of methoxy groups -OCH3 is 2. The Bertz CT molecular complexity index is 1040. The fraction of sp³-hybridized carbons (Fsp3) is 0.680. The van der Waals surface area contributed by atoms with Crippen LogP contribution in [0, 0.1) is 0 Å². The molecule has 3 N–H and O–H groups in total. The first-order valence-corrected chi connectivity index (χ1v) is 12.6. The van der Waals surface area contributed by atoms with Crippen molar-refractivity contribution in [3.8, 4) is 0 Å². The summed E-state index contributed by atoms with van der Waals surface area (Å²) in [5.41, 5.74) is -1.79. The third-order valence-electron chi connectivity index (χ3n) is 5.16. The van der Waals surface area contributed by atoms with Crippen molar-refractivity contribution in [2.24, 2.45) is 4.99 Å². The number of cyclic esters (lactones) is 2. The fourth-order valence-electron chi connectivity index (χ4n) is 3.77. The molecule has 16 heteroatoms. The predicted octanol–water partition coefficient (Wildman–Crippen LogP) is 1.27. The van der Waals surface area contributed by atoms with Gasteiger partial charge < -0.3 is 38.5 Å². The number of esters is 1. The van der Waals surface area contributed by atoms with Crippen LogP contribution in [0.5, 0.6) is 0 Å². The first-order valence-electron chi connectivity index (χ1n) is 12.6. The van der Waals surface area contributed by atoms with E-state index in [9.17, 15) is 24.0 Å². The SMILES string of the molecule is COC(=O)C1=C[C@H](N=C(NC(=O)OC(C)(C)C)NC(=O)OC(C)(C)C)[C@@H](NC(C)=O)[C@H]([C@H](OC)[C@H]2COC(=O)O2)O1. The van der Waals surface area contributed by atoms with E-state index in [1.807, 2.05) is 0 Å². The molecule has 16 nitrogen and oxygen atoms in total. The number of ether oxygens (including phenoxy) is 7. The van der Waals surface area contributed by atoms with Crippen molar-refractivity contribution in [2.45, 2.75) is 90.1 Å². The molecule has 0 spiro atoms. The van der Waals surface area contributed by atoms with Gasteiger partial charge in [-0.1, -0.05) is 0 Å². The maximum absolute atomic E-state index is 12.6. The van der Waals surface area contributed by atoms with Crippen molar-refractivity contribution >= 4 is 36.2 Å². The third-order valence-corrected chi connectivity index (χ3v) is 5.16. The zero-order valence-electron chi connectivity index (χ0n) is 24.5. The molecule has 0 saturated carbocycles. The maximum Gasteiger partial charge on any atom is 0.508 e. The van der Waals surface area contributed by atoms with Gasteiger partial charge in [0.15, 0.2) is 12.2 Å². The molecule has 3 amide bonds. The molecule has 0 aromatic carbocycles. The molecule has 0 bridgehead atoms. The average Bonchev–Trinajstić information content (AvgIpc) is 3.23. The molecule has 2 aliphatic rings. The van der Waals surface area contributed by atoms with Gasteiger partial charge in [-0.2, -0.15) is 0 Å². The molecule has 1 saturated heterocycles. The molecule has 0 aromatic rings. The van der Waals surface area contributed by atoms with E-state index in [1.165, 1.54) is 20.1 Å². The van der Waals surface area contributed by atoms with Crippen LogP contribution in [0.3, 0.4) is 0 Å². The molecule has 2 heterocycles. The van der Waals surface area contributed by atoms with Crippen LogP contribution in [-0.4, -0.2) is 98.6 Å².